The molecule has 1 heterocycles. The van der Waals surface area contributed by atoms with Crippen molar-refractivity contribution in [3.63, 3.8) is 0 Å². The molecular formula is C10H10FNO2. The maximum Gasteiger partial charge on any atom is 0.174 e. The molecule has 4 heteroatoms. The van der Waals surface area contributed by atoms with Gasteiger partial charge >= 0.3 is 0 Å². The highest BCUT2D eigenvalue weighted by atomic mass is 19.1. The smallest absolute Gasteiger partial charge is 0.174 e. The van der Waals surface area contributed by atoms with Crippen LogP contribution in [-0.2, 0) is 4.74 Å². The fourth-order valence-electron chi connectivity index (χ4n) is 1.30. The third-order valence-corrected chi connectivity index (χ3v) is 2.05. The molecule has 0 saturated heterocycles. The van der Waals surface area contributed by atoms with E-state index in [1.807, 2.05) is 0 Å². The van der Waals surface area contributed by atoms with Gasteiger partial charge in [0.15, 0.2) is 6.23 Å². The lowest BCUT2D eigenvalue weighted by molar-refractivity contribution is 0.109. The number of hydrogen-bond donors (Lipinski definition) is 1. The van der Waals surface area contributed by atoms with Crippen molar-refractivity contribution < 1.29 is 14.2 Å². The van der Waals surface area contributed by atoms with E-state index in [0.29, 0.717) is 12.3 Å². The first-order chi connectivity index (χ1) is 6.79. The first-order valence-corrected chi connectivity index (χ1v) is 4.33. The van der Waals surface area contributed by atoms with E-state index in [2.05, 4.69) is 4.99 Å². The van der Waals surface area contributed by atoms with E-state index < -0.39 is 6.23 Å². The predicted octanol–water partition coefficient (Wildman–Crippen LogP) is 1.29. The van der Waals surface area contributed by atoms with E-state index in [1.165, 1.54) is 12.1 Å². The van der Waals surface area contributed by atoms with Crippen LogP contribution in [0.25, 0.3) is 0 Å². The maximum absolute atomic E-state index is 12.6. The lowest BCUT2D eigenvalue weighted by atomic mass is 10.2. The van der Waals surface area contributed by atoms with Crippen molar-refractivity contribution in [2.45, 2.75) is 6.23 Å². The largest absolute Gasteiger partial charge is 0.390 e. The number of rotatable bonds is 2. The molecule has 0 aromatic heterocycles. The second kappa shape index (κ2) is 3.86. The van der Waals surface area contributed by atoms with Crippen LogP contribution in [0.15, 0.2) is 29.3 Å². The summed E-state index contributed by atoms with van der Waals surface area (Å²) in [6.45, 7) is 0.260. The molecule has 1 aliphatic rings. The standard InChI is InChI=1S/C10H10FNO2/c11-8-3-1-7(2-4-8)10-12-9(5-13)6-14-10/h1-4,10,13H,5-6H2. The number of aliphatic imine (C=N–C) groups is 1. The summed E-state index contributed by atoms with van der Waals surface area (Å²) in [6, 6.07) is 5.99. The summed E-state index contributed by atoms with van der Waals surface area (Å²) in [5.41, 5.74) is 1.43. The van der Waals surface area contributed by atoms with E-state index >= 15 is 0 Å². The van der Waals surface area contributed by atoms with Crippen LogP contribution in [0.2, 0.25) is 0 Å². The molecule has 0 saturated carbocycles. The first kappa shape index (κ1) is 9.30. The summed E-state index contributed by atoms with van der Waals surface area (Å²) in [5, 5.41) is 8.80. The minimum absolute atomic E-state index is 0.0856. The minimum Gasteiger partial charge on any atom is -0.390 e. The monoisotopic (exact) mass is 195 g/mol. The average molecular weight is 195 g/mol. The lowest BCUT2D eigenvalue weighted by Crippen LogP contribution is -2.05. The molecule has 3 nitrogen and oxygen atoms in total. The van der Waals surface area contributed by atoms with Crippen molar-refractivity contribution in [3.05, 3.63) is 35.6 Å². The van der Waals surface area contributed by atoms with Crippen LogP contribution in [-0.4, -0.2) is 24.0 Å². The molecule has 0 aliphatic carbocycles. The molecule has 74 valence electrons. The van der Waals surface area contributed by atoms with Crippen LogP contribution in [0.1, 0.15) is 11.8 Å². The SMILES string of the molecule is OCC1=NC(c2ccc(F)cc2)OC1. The fourth-order valence-corrected chi connectivity index (χ4v) is 1.30. The molecule has 0 amide bonds. The number of aliphatic hydroxyl groups is 1. The second-order valence-electron chi connectivity index (χ2n) is 3.07. The van der Waals surface area contributed by atoms with Crippen LogP contribution in [0.4, 0.5) is 4.39 Å². The van der Waals surface area contributed by atoms with Gasteiger partial charge in [-0.05, 0) is 12.1 Å². The Morgan fingerprint density at radius 1 is 1.43 bits per heavy atom. The molecule has 14 heavy (non-hydrogen) atoms. The summed E-state index contributed by atoms with van der Waals surface area (Å²) in [5.74, 6) is -0.280. The normalized spacial score (nSPS) is 21.0. The molecular weight excluding hydrogens is 185 g/mol. The van der Waals surface area contributed by atoms with Crippen LogP contribution >= 0.6 is 0 Å². The number of aliphatic hydroxyl groups excluding tert-OH is 1. The predicted molar refractivity (Wildman–Crippen MR) is 49.6 cm³/mol. The van der Waals surface area contributed by atoms with E-state index in [0.717, 1.165) is 5.56 Å². The number of benzene rings is 1. The van der Waals surface area contributed by atoms with Gasteiger partial charge in [-0.15, -0.1) is 0 Å². The van der Waals surface area contributed by atoms with Gasteiger partial charge in [-0.3, -0.25) is 4.99 Å². The molecule has 1 unspecified atom stereocenters. The Hall–Kier alpha value is -1.26. The van der Waals surface area contributed by atoms with Gasteiger partial charge < -0.3 is 9.84 Å². The first-order valence-electron chi connectivity index (χ1n) is 4.33. The zero-order chi connectivity index (χ0) is 9.97. The third-order valence-electron chi connectivity index (χ3n) is 2.05. The highest BCUT2D eigenvalue weighted by Crippen LogP contribution is 2.23. The van der Waals surface area contributed by atoms with Gasteiger partial charge in [0, 0.05) is 5.56 Å². The summed E-state index contributed by atoms with van der Waals surface area (Å²) in [7, 11) is 0. The van der Waals surface area contributed by atoms with Crippen molar-refractivity contribution in [2.75, 3.05) is 13.2 Å². The van der Waals surface area contributed by atoms with E-state index in [-0.39, 0.29) is 12.4 Å². The fraction of sp³-hybridized carbons (Fsp3) is 0.300. The van der Waals surface area contributed by atoms with Gasteiger partial charge in [0.25, 0.3) is 0 Å². The molecule has 0 fully saturated rings. The van der Waals surface area contributed by atoms with E-state index in [4.69, 9.17) is 9.84 Å². The Labute approximate surface area is 80.9 Å². The van der Waals surface area contributed by atoms with Crippen molar-refractivity contribution in [2.24, 2.45) is 4.99 Å². The zero-order valence-corrected chi connectivity index (χ0v) is 7.48. The van der Waals surface area contributed by atoms with E-state index in [9.17, 15) is 4.39 Å². The van der Waals surface area contributed by atoms with Crippen molar-refractivity contribution in [3.8, 4) is 0 Å². The molecule has 1 atom stereocenters. The van der Waals surface area contributed by atoms with Gasteiger partial charge in [0.05, 0.1) is 18.9 Å². The van der Waals surface area contributed by atoms with Gasteiger partial charge in [-0.1, -0.05) is 12.1 Å². The van der Waals surface area contributed by atoms with Gasteiger partial charge in [0.2, 0.25) is 0 Å². The van der Waals surface area contributed by atoms with Crippen LogP contribution < -0.4 is 0 Å². The van der Waals surface area contributed by atoms with Crippen molar-refractivity contribution >= 4 is 5.71 Å². The summed E-state index contributed by atoms with van der Waals surface area (Å²) < 4.78 is 17.9. The Morgan fingerprint density at radius 2 is 2.14 bits per heavy atom. The Kier molecular flexibility index (Phi) is 2.56. The van der Waals surface area contributed by atoms with Crippen LogP contribution in [0.5, 0.6) is 0 Å². The number of ether oxygens (including phenoxy) is 1. The molecule has 2 rings (SSSR count). The third kappa shape index (κ3) is 1.81. The Bertz CT molecular complexity index is 348. The number of nitrogens with zero attached hydrogens (tertiary/aromatic N) is 1. The summed E-state index contributed by atoms with van der Waals surface area (Å²) in [4.78, 5) is 4.13. The summed E-state index contributed by atoms with van der Waals surface area (Å²) in [6.07, 6.45) is -0.391. The van der Waals surface area contributed by atoms with Gasteiger partial charge in [-0.2, -0.15) is 0 Å². The van der Waals surface area contributed by atoms with Crippen LogP contribution in [0.3, 0.4) is 0 Å². The van der Waals surface area contributed by atoms with E-state index in [1.54, 1.807) is 12.1 Å². The topological polar surface area (TPSA) is 41.8 Å². The number of halogens is 1. The molecule has 0 bridgehead atoms. The van der Waals surface area contributed by atoms with Crippen LogP contribution in [0, 0.1) is 5.82 Å². The highest BCUT2D eigenvalue weighted by Gasteiger charge is 2.18. The van der Waals surface area contributed by atoms with Gasteiger partial charge in [0.1, 0.15) is 5.82 Å². The Balaban J connectivity index is 2.17. The molecule has 1 aliphatic heterocycles. The summed E-state index contributed by atoms with van der Waals surface area (Å²) >= 11 is 0. The van der Waals surface area contributed by atoms with Gasteiger partial charge in [-0.25, -0.2) is 4.39 Å². The maximum atomic E-state index is 12.6. The average Bonchev–Trinajstić information content (AvgIpc) is 2.67. The molecule has 1 aromatic rings. The quantitative estimate of drug-likeness (QED) is 0.772. The Morgan fingerprint density at radius 3 is 2.71 bits per heavy atom. The molecule has 0 spiro atoms. The zero-order valence-electron chi connectivity index (χ0n) is 7.48. The lowest BCUT2D eigenvalue weighted by Gasteiger charge is -2.06. The minimum atomic E-state index is -0.391. The van der Waals surface area contributed by atoms with Crippen molar-refractivity contribution in [1.82, 2.24) is 0 Å². The van der Waals surface area contributed by atoms with Crippen molar-refractivity contribution in [1.29, 1.82) is 0 Å². The molecule has 1 N–H and O–H groups in total. The number of hydrogen-bond acceptors (Lipinski definition) is 3. The molecule has 1 aromatic carbocycles. The highest BCUT2D eigenvalue weighted by molar-refractivity contribution is 5.87. The molecule has 0 radical (unpaired) electrons. The second-order valence-corrected chi connectivity index (χ2v) is 3.07.